The largest absolute Gasteiger partial charge is 0.404 e. The minimum absolute atomic E-state index is 0.0668. The van der Waals surface area contributed by atoms with Gasteiger partial charge in [0.05, 0.1) is 21.8 Å². The highest BCUT2D eigenvalue weighted by molar-refractivity contribution is 9.11. The van der Waals surface area contributed by atoms with Crippen LogP contribution < -0.4 is 5.32 Å². The number of hydrogen-bond acceptors (Lipinski definition) is 5. The summed E-state index contributed by atoms with van der Waals surface area (Å²) in [5.41, 5.74) is 0.706. The minimum Gasteiger partial charge on any atom is -0.358 e. The first-order chi connectivity index (χ1) is 13.7. The van der Waals surface area contributed by atoms with Crippen molar-refractivity contribution >= 4 is 61.0 Å². The highest BCUT2D eigenvalue weighted by Crippen LogP contribution is 2.27. The van der Waals surface area contributed by atoms with Crippen LogP contribution >= 0.6 is 43.5 Å². The molecule has 0 aliphatic rings. The summed E-state index contributed by atoms with van der Waals surface area (Å²) >= 11 is 12.4. The van der Waals surface area contributed by atoms with E-state index in [0.29, 0.717) is 10.2 Å². The number of hydrogen-bond donors (Lipinski definition) is 1. The van der Waals surface area contributed by atoms with Gasteiger partial charge in [0.15, 0.2) is 5.82 Å². The van der Waals surface area contributed by atoms with Crippen molar-refractivity contribution in [1.82, 2.24) is 19.6 Å². The Balaban J connectivity index is 1.74. The maximum Gasteiger partial charge on any atom is 0.404 e. The van der Waals surface area contributed by atoms with Crippen LogP contribution in [-0.4, -0.2) is 30.4 Å². The van der Waals surface area contributed by atoms with Crippen molar-refractivity contribution < 1.29 is 14.1 Å². The highest BCUT2D eigenvalue weighted by Gasteiger charge is 2.25. The van der Waals surface area contributed by atoms with Gasteiger partial charge in [-0.25, -0.2) is 4.39 Å². The zero-order valence-corrected chi connectivity index (χ0v) is 18.6. The summed E-state index contributed by atoms with van der Waals surface area (Å²) in [5.74, 6) is -1.12. The second-order valence-corrected chi connectivity index (χ2v) is 7.96. The molecule has 0 saturated heterocycles. The van der Waals surface area contributed by atoms with E-state index in [0.717, 1.165) is 0 Å². The Kier molecular flexibility index (Phi) is 6.34. The number of anilines is 1. The summed E-state index contributed by atoms with van der Waals surface area (Å²) < 4.78 is 17.3. The minimum atomic E-state index is -0.641. The van der Waals surface area contributed by atoms with Gasteiger partial charge in [-0.3, -0.25) is 9.48 Å². The molecular formula is C16H12Br2ClFN6O3. The Morgan fingerprint density at radius 2 is 2.10 bits per heavy atom. The second kappa shape index (κ2) is 8.59. The number of carbonyl (C=O) groups is 1. The highest BCUT2D eigenvalue weighted by atomic mass is 79.9. The van der Waals surface area contributed by atoms with Crippen molar-refractivity contribution in [3.05, 3.63) is 65.6 Å². The molecule has 152 valence electrons. The van der Waals surface area contributed by atoms with E-state index in [1.807, 2.05) is 0 Å². The normalized spacial score (nSPS) is 10.9. The quantitative estimate of drug-likeness (QED) is 0.364. The van der Waals surface area contributed by atoms with Gasteiger partial charge in [0.1, 0.15) is 16.8 Å². The van der Waals surface area contributed by atoms with Crippen LogP contribution in [-0.2, 0) is 17.9 Å². The molecule has 0 spiro atoms. The molecule has 13 heteroatoms. The van der Waals surface area contributed by atoms with Gasteiger partial charge in [0.2, 0.25) is 5.91 Å². The average Bonchev–Trinajstić information content (AvgIpc) is 3.12. The topological polar surface area (TPSA) is 108 Å². The Hall–Kier alpha value is -2.31. The number of halogens is 4. The van der Waals surface area contributed by atoms with Crippen molar-refractivity contribution in [2.75, 3.05) is 5.32 Å². The lowest BCUT2D eigenvalue weighted by Gasteiger charge is -2.06. The van der Waals surface area contributed by atoms with E-state index in [2.05, 4.69) is 47.4 Å². The molecule has 0 aliphatic heterocycles. The molecule has 0 bridgehead atoms. The number of amides is 1. The smallest absolute Gasteiger partial charge is 0.358 e. The van der Waals surface area contributed by atoms with Crippen LogP contribution in [0.4, 0.5) is 16.0 Å². The van der Waals surface area contributed by atoms with E-state index in [4.69, 9.17) is 11.6 Å². The number of nitrogens with zero attached hydrogens (tertiary/aromatic N) is 5. The van der Waals surface area contributed by atoms with Gasteiger partial charge in [-0.1, -0.05) is 17.7 Å². The summed E-state index contributed by atoms with van der Waals surface area (Å²) in [6.45, 7) is 1.41. The summed E-state index contributed by atoms with van der Waals surface area (Å²) in [7, 11) is 0. The van der Waals surface area contributed by atoms with Crippen LogP contribution in [0.2, 0.25) is 5.02 Å². The van der Waals surface area contributed by atoms with Crippen LogP contribution in [0.1, 0.15) is 11.3 Å². The van der Waals surface area contributed by atoms with Crippen molar-refractivity contribution in [2.45, 2.75) is 20.0 Å². The molecule has 1 amide bonds. The van der Waals surface area contributed by atoms with E-state index in [1.165, 1.54) is 21.5 Å². The van der Waals surface area contributed by atoms with E-state index in [9.17, 15) is 19.3 Å². The third-order valence-electron chi connectivity index (χ3n) is 3.94. The number of aromatic nitrogens is 4. The summed E-state index contributed by atoms with van der Waals surface area (Å²) in [6, 6.07) is 4.38. The van der Waals surface area contributed by atoms with Crippen LogP contribution in [0.5, 0.6) is 0 Å². The lowest BCUT2D eigenvalue weighted by atomic mass is 10.2. The van der Waals surface area contributed by atoms with Gasteiger partial charge >= 0.3 is 5.82 Å². The van der Waals surface area contributed by atoms with Crippen LogP contribution in [0, 0.1) is 22.9 Å². The van der Waals surface area contributed by atoms with Crippen LogP contribution in [0.15, 0.2) is 33.3 Å². The molecule has 0 aliphatic carbocycles. The Labute approximate surface area is 185 Å². The monoisotopic (exact) mass is 548 g/mol. The fraction of sp³-hybridized carbons (Fsp3) is 0.188. The molecule has 0 radical (unpaired) electrons. The molecule has 3 rings (SSSR count). The molecule has 2 heterocycles. The molecule has 2 aromatic heterocycles. The first kappa shape index (κ1) is 21.4. The molecule has 9 nitrogen and oxygen atoms in total. The predicted molar refractivity (Wildman–Crippen MR) is 110 cm³/mol. The molecule has 3 aromatic rings. The van der Waals surface area contributed by atoms with Gasteiger partial charge < -0.3 is 15.4 Å². The molecule has 0 unspecified atom stereocenters. The third-order valence-corrected chi connectivity index (χ3v) is 5.80. The molecule has 0 fully saturated rings. The van der Waals surface area contributed by atoms with E-state index >= 15 is 0 Å². The number of nitro groups is 1. The Morgan fingerprint density at radius 3 is 2.72 bits per heavy atom. The fourth-order valence-corrected chi connectivity index (χ4v) is 3.56. The molecular weight excluding hydrogens is 538 g/mol. The van der Waals surface area contributed by atoms with Gasteiger partial charge in [0.25, 0.3) is 0 Å². The zero-order chi connectivity index (χ0) is 21.3. The zero-order valence-electron chi connectivity index (χ0n) is 14.7. The number of carbonyl (C=O) groups excluding carboxylic acids is 1. The van der Waals surface area contributed by atoms with Crippen molar-refractivity contribution in [2.24, 2.45) is 0 Å². The Morgan fingerprint density at radius 1 is 1.38 bits per heavy atom. The predicted octanol–water partition coefficient (Wildman–Crippen LogP) is 4.30. The average molecular weight is 551 g/mol. The summed E-state index contributed by atoms with van der Waals surface area (Å²) in [4.78, 5) is 22.7. The molecule has 1 aromatic carbocycles. The van der Waals surface area contributed by atoms with E-state index < -0.39 is 16.6 Å². The van der Waals surface area contributed by atoms with Gasteiger partial charge in [-0.05, 0) is 55.8 Å². The number of nitrogens with one attached hydrogen (secondary N) is 1. The second-order valence-electron chi connectivity index (χ2n) is 5.91. The SMILES string of the molecule is Cc1c(Br)c([N+](=O)[O-])nn1CC(=O)Nc1nn(Cc2c(F)cccc2Cl)cc1Br. The van der Waals surface area contributed by atoms with E-state index in [-0.39, 0.29) is 39.8 Å². The van der Waals surface area contributed by atoms with Crippen LogP contribution in [0.25, 0.3) is 0 Å². The van der Waals surface area contributed by atoms with Gasteiger partial charge in [-0.2, -0.15) is 9.78 Å². The van der Waals surface area contributed by atoms with Gasteiger partial charge in [0, 0.05) is 16.8 Å². The maximum atomic E-state index is 14.0. The summed E-state index contributed by atoms with van der Waals surface area (Å²) in [5, 5.41) is 21.8. The number of benzene rings is 1. The molecule has 0 saturated carbocycles. The van der Waals surface area contributed by atoms with Gasteiger partial charge in [-0.15, -0.1) is 0 Å². The van der Waals surface area contributed by atoms with Crippen molar-refractivity contribution in [3.63, 3.8) is 0 Å². The summed E-state index contributed by atoms with van der Waals surface area (Å²) in [6.07, 6.45) is 1.57. The molecule has 1 N–H and O–H groups in total. The van der Waals surface area contributed by atoms with Crippen molar-refractivity contribution in [1.29, 1.82) is 0 Å². The lowest BCUT2D eigenvalue weighted by Crippen LogP contribution is -2.21. The number of rotatable bonds is 6. The Bertz CT molecular complexity index is 1100. The standard InChI is InChI=1S/C16H12Br2ClFN6O3/c1-8-14(18)16(26(28)29)23-25(8)7-13(27)21-15-10(17)6-24(22-15)5-9-11(19)3-2-4-12(9)20/h2-4,6H,5,7H2,1H3,(H,21,22,27). The van der Waals surface area contributed by atoms with E-state index in [1.54, 1.807) is 19.2 Å². The molecule has 29 heavy (non-hydrogen) atoms. The van der Waals surface area contributed by atoms with Crippen molar-refractivity contribution in [3.8, 4) is 0 Å². The fourth-order valence-electron chi connectivity index (χ4n) is 2.49. The first-order valence-electron chi connectivity index (χ1n) is 8.00. The maximum absolute atomic E-state index is 14.0. The lowest BCUT2D eigenvalue weighted by molar-refractivity contribution is -0.390. The third kappa shape index (κ3) is 4.65. The van der Waals surface area contributed by atoms with Crippen LogP contribution in [0.3, 0.4) is 0 Å². The first-order valence-corrected chi connectivity index (χ1v) is 9.96. The molecule has 0 atom stereocenters.